The maximum Gasteiger partial charge on any atom is 0.319 e. The second-order valence-electron chi connectivity index (χ2n) is 5.52. The van der Waals surface area contributed by atoms with E-state index in [9.17, 15) is 13.2 Å². The van der Waals surface area contributed by atoms with E-state index < -0.39 is 9.84 Å². The average molecular weight is 319 g/mol. The fourth-order valence-electron chi connectivity index (χ4n) is 2.58. The molecule has 0 saturated carbocycles. The summed E-state index contributed by atoms with van der Waals surface area (Å²) < 4.78 is 22.7. The Bertz CT molecular complexity index is 805. The van der Waals surface area contributed by atoms with E-state index in [2.05, 4.69) is 15.6 Å². The van der Waals surface area contributed by atoms with Crippen molar-refractivity contribution in [2.24, 2.45) is 5.92 Å². The Morgan fingerprint density at radius 3 is 2.91 bits per heavy atom. The maximum absolute atomic E-state index is 11.9. The lowest BCUT2D eigenvalue weighted by molar-refractivity contribution is 0.250. The van der Waals surface area contributed by atoms with Crippen molar-refractivity contribution in [1.29, 1.82) is 0 Å². The molecule has 116 valence electrons. The molecule has 1 aliphatic heterocycles. The minimum atomic E-state index is -2.91. The molecule has 1 saturated heterocycles. The number of amides is 2. The van der Waals surface area contributed by atoms with Gasteiger partial charge in [0.15, 0.2) is 9.84 Å². The number of nitrogens with one attached hydrogen (secondary N) is 2. The highest BCUT2D eigenvalue weighted by atomic mass is 32.2. The number of pyridine rings is 1. The van der Waals surface area contributed by atoms with Crippen molar-refractivity contribution in [3.63, 3.8) is 0 Å². The van der Waals surface area contributed by atoms with E-state index in [1.165, 1.54) is 0 Å². The van der Waals surface area contributed by atoms with Gasteiger partial charge in [0.1, 0.15) is 0 Å². The van der Waals surface area contributed by atoms with Gasteiger partial charge in [0.2, 0.25) is 0 Å². The van der Waals surface area contributed by atoms with Crippen molar-refractivity contribution in [3.05, 3.63) is 36.5 Å². The lowest BCUT2D eigenvalue weighted by Gasteiger charge is -2.11. The van der Waals surface area contributed by atoms with Gasteiger partial charge in [-0.2, -0.15) is 0 Å². The summed E-state index contributed by atoms with van der Waals surface area (Å²) in [5, 5.41) is 6.38. The van der Waals surface area contributed by atoms with Crippen LogP contribution in [0.25, 0.3) is 10.9 Å². The summed E-state index contributed by atoms with van der Waals surface area (Å²) in [6, 6.07) is 9.15. The Kier molecular flexibility index (Phi) is 3.98. The topological polar surface area (TPSA) is 88.2 Å². The number of urea groups is 1. The van der Waals surface area contributed by atoms with Crippen molar-refractivity contribution >= 4 is 32.5 Å². The molecule has 0 radical (unpaired) electrons. The number of hydrogen-bond acceptors (Lipinski definition) is 4. The zero-order valence-corrected chi connectivity index (χ0v) is 12.8. The van der Waals surface area contributed by atoms with Gasteiger partial charge < -0.3 is 10.6 Å². The first-order chi connectivity index (χ1) is 10.5. The molecular formula is C15H17N3O3S. The third-order valence-electron chi connectivity index (χ3n) is 3.73. The number of carbonyl (C=O) groups is 1. The Hall–Kier alpha value is -2.15. The molecule has 0 unspecified atom stereocenters. The van der Waals surface area contributed by atoms with Gasteiger partial charge >= 0.3 is 6.03 Å². The standard InChI is InChI=1S/C15H17N3O3S/c19-15(17-8-11-5-6-22(20,21)10-11)18-13-7-12-3-1-2-4-14(12)16-9-13/h1-4,7,9,11H,5-6,8,10H2,(H2,17,18,19)/t11-/m0/s1. The second-order valence-corrected chi connectivity index (χ2v) is 7.75. The lowest BCUT2D eigenvalue weighted by atomic mass is 10.1. The highest BCUT2D eigenvalue weighted by Gasteiger charge is 2.27. The summed E-state index contributed by atoms with van der Waals surface area (Å²) in [6.45, 7) is 0.367. The van der Waals surface area contributed by atoms with Gasteiger partial charge in [0.25, 0.3) is 0 Å². The number of anilines is 1. The van der Waals surface area contributed by atoms with Crippen molar-refractivity contribution in [2.45, 2.75) is 6.42 Å². The molecule has 0 aliphatic carbocycles. The van der Waals surface area contributed by atoms with Crippen molar-refractivity contribution in [3.8, 4) is 0 Å². The molecule has 1 aliphatic rings. The summed E-state index contributed by atoms with van der Waals surface area (Å²) in [5.41, 5.74) is 1.47. The molecule has 7 heteroatoms. The van der Waals surface area contributed by atoms with Crippen LogP contribution in [0.2, 0.25) is 0 Å². The van der Waals surface area contributed by atoms with E-state index in [1.807, 2.05) is 30.3 Å². The number of carbonyl (C=O) groups excluding carboxylic acids is 1. The number of nitrogens with zero attached hydrogens (tertiary/aromatic N) is 1. The predicted octanol–water partition coefficient (Wildman–Crippen LogP) is 1.79. The van der Waals surface area contributed by atoms with E-state index >= 15 is 0 Å². The number of sulfone groups is 1. The summed E-state index contributed by atoms with van der Waals surface area (Å²) in [7, 11) is -2.91. The SMILES string of the molecule is O=C(NC[C@@H]1CCS(=O)(=O)C1)Nc1cnc2ccccc2c1. The van der Waals surface area contributed by atoms with E-state index in [1.54, 1.807) is 6.20 Å². The van der Waals surface area contributed by atoms with E-state index in [0.717, 1.165) is 10.9 Å². The molecule has 0 spiro atoms. The Labute approximate surface area is 128 Å². The molecule has 1 atom stereocenters. The van der Waals surface area contributed by atoms with Gasteiger partial charge in [-0.3, -0.25) is 4.98 Å². The van der Waals surface area contributed by atoms with Gasteiger partial charge in [0, 0.05) is 11.9 Å². The normalized spacial score (nSPS) is 19.9. The van der Waals surface area contributed by atoms with Crippen LogP contribution in [-0.2, 0) is 9.84 Å². The van der Waals surface area contributed by atoms with Crippen LogP contribution in [-0.4, -0.2) is 37.5 Å². The molecule has 22 heavy (non-hydrogen) atoms. The quantitative estimate of drug-likeness (QED) is 0.903. The van der Waals surface area contributed by atoms with Crippen LogP contribution in [0.5, 0.6) is 0 Å². The molecule has 1 aromatic carbocycles. The molecule has 1 aromatic heterocycles. The number of benzene rings is 1. The van der Waals surface area contributed by atoms with Crippen LogP contribution in [0, 0.1) is 5.92 Å². The van der Waals surface area contributed by atoms with Gasteiger partial charge in [-0.1, -0.05) is 18.2 Å². The molecule has 2 heterocycles. The third kappa shape index (κ3) is 3.54. The first kappa shape index (κ1) is 14.8. The first-order valence-corrected chi connectivity index (χ1v) is 8.94. The maximum atomic E-state index is 11.9. The minimum Gasteiger partial charge on any atom is -0.338 e. The number of hydrogen-bond donors (Lipinski definition) is 2. The predicted molar refractivity (Wildman–Crippen MR) is 85.5 cm³/mol. The highest BCUT2D eigenvalue weighted by Crippen LogP contribution is 2.18. The zero-order valence-electron chi connectivity index (χ0n) is 12.0. The van der Waals surface area contributed by atoms with E-state index in [-0.39, 0.29) is 23.5 Å². The average Bonchev–Trinajstić information content (AvgIpc) is 2.84. The van der Waals surface area contributed by atoms with E-state index in [4.69, 9.17) is 0 Å². The zero-order chi connectivity index (χ0) is 15.6. The van der Waals surface area contributed by atoms with Crippen LogP contribution in [0.3, 0.4) is 0 Å². The summed E-state index contributed by atoms with van der Waals surface area (Å²) >= 11 is 0. The minimum absolute atomic E-state index is 0.00507. The molecular weight excluding hydrogens is 302 g/mol. The summed E-state index contributed by atoms with van der Waals surface area (Å²) in [4.78, 5) is 16.1. The molecule has 2 aromatic rings. The van der Waals surface area contributed by atoms with Crippen molar-refractivity contribution < 1.29 is 13.2 Å². The molecule has 6 nitrogen and oxygen atoms in total. The van der Waals surface area contributed by atoms with Crippen LogP contribution in [0.1, 0.15) is 6.42 Å². The number of fused-ring (bicyclic) bond motifs is 1. The van der Waals surface area contributed by atoms with Crippen LogP contribution >= 0.6 is 0 Å². The van der Waals surface area contributed by atoms with Crippen molar-refractivity contribution in [2.75, 3.05) is 23.4 Å². The summed E-state index contributed by atoms with van der Waals surface area (Å²) in [6.07, 6.45) is 2.21. The second kappa shape index (κ2) is 5.92. The third-order valence-corrected chi connectivity index (χ3v) is 5.56. The van der Waals surface area contributed by atoms with E-state index in [0.29, 0.717) is 18.7 Å². The molecule has 2 N–H and O–H groups in total. The first-order valence-electron chi connectivity index (χ1n) is 7.12. The number of aromatic nitrogens is 1. The fourth-order valence-corrected chi connectivity index (χ4v) is 4.45. The fraction of sp³-hybridized carbons (Fsp3) is 0.333. The summed E-state index contributed by atoms with van der Waals surface area (Å²) in [5.74, 6) is 0.380. The van der Waals surface area contributed by atoms with Crippen LogP contribution < -0.4 is 10.6 Å². The molecule has 0 bridgehead atoms. The van der Waals surface area contributed by atoms with Crippen LogP contribution in [0.4, 0.5) is 10.5 Å². The van der Waals surface area contributed by atoms with Gasteiger partial charge in [-0.25, -0.2) is 13.2 Å². The highest BCUT2D eigenvalue weighted by molar-refractivity contribution is 7.91. The monoisotopic (exact) mass is 319 g/mol. The number of para-hydroxylation sites is 1. The number of rotatable bonds is 3. The largest absolute Gasteiger partial charge is 0.338 e. The van der Waals surface area contributed by atoms with Gasteiger partial charge in [-0.15, -0.1) is 0 Å². The Balaban J connectivity index is 1.56. The molecule has 2 amide bonds. The smallest absolute Gasteiger partial charge is 0.319 e. The Morgan fingerprint density at radius 2 is 2.14 bits per heavy atom. The lowest BCUT2D eigenvalue weighted by Crippen LogP contribution is -2.33. The Morgan fingerprint density at radius 1 is 1.32 bits per heavy atom. The molecule has 1 fully saturated rings. The van der Waals surface area contributed by atoms with Gasteiger partial charge in [0.05, 0.1) is 28.9 Å². The van der Waals surface area contributed by atoms with Crippen molar-refractivity contribution in [1.82, 2.24) is 10.3 Å². The van der Waals surface area contributed by atoms with Gasteiger partial charge in [-0.05, 0) is 24.5 Å². The molecule has 3 rings (SSSR count). The van der Waals surface area contributed by atoms with Crippen LogP contribution in [0.15, 0.2) is 36.5 Å².